The van der Waals surface area contributed by atoms with Crippen LogP contribution in [0.4, 0.5) is 17.6 Å². The lowest BCUT2D eigenvalue weighted by atomic mass is 10.0. The number of benzene rings is 4. The van der Waals surface area contributed by atoms with Crippen molar-refractivity contribution in [1.82, 2.24) is 4.57 Å². The zero-order valence-electron chi connectivity index (χ0n) is 21.7. The highest BCUT2D eigenvalue weighted by Gasteiger charge is 2.32. The van der Waals surface area contributed by atoms with Crippen molar-refractivity contribution < 1.29 is 35.3 Å². The Morgan fingerprint density at radius 3 is 2.32 bits per heavy atom. The Morgan fingerprint density at radius 1 is 0.902 bits per heavy atom. The van der Waals surface area contributed by atoms with Crippen molar-refractivity contribution in [3.8, 4) is 11.1 Å². The van der Waals surface area contributed by atoms with Gasteiger partial charge in [0.25, 0.3) is 10.1 Å². The average Bonchev–Trinajstić information content (AvgIpc) is 3.31. The number of para-hydroxylation sites is 1. The van der Waals surface area contributed by atoms with E-state index in [-0.39, 0.29) is 4.90 Å². The first-order valence-corrected chi connectivity index (χ1v) is 14.0. The lowest BCUT2D eigenvalue weighted by Crippen LogP contribution is -2.30. The lowest BCUT2D eigenvalue weighted by Gasteiger charge is -2.26. The minimum absolute atomic E-state index is 0.0872. The molecule has 0 amide bonds. The average molecular weight is 584 g/mol. The maximum Gasteiger partial charge on any atom is 0.416 e. The molecule has 1 aromatic heterocycles. The van der Waals surface area contributed by atoms with Crippen molar-refractivity contribution in [2.24, 2.45) is 0 Å². The van der Waals surface area contributed by atoms with E-state index in [0.717, 1.165) is 17.7 Å². The Balaban J connectivity index is 1.59. The van der Waals surface area contributed by atoms with Crippen molar-refractivity contribution in [3.05, 3.63) is 126 Å². The number of hydrogen-bond donors (Lipinski definition) is 1. The Hall–Kier alpha value is -3.99. The van der Waals surface area contributed by atoms with Crippen LogP contribution >= 0.6 is 0 Å². The molecule has 0 aliphatic heterocycles. The number of rotatable bonds is 8. The number of hydrogen-bond acceptors (Lipinski definition) is 4. The summed E-state index contributed by atoms with van der Waals surface area (Å²) in [6.07, 6.45) is -4.47. The molecule has 0 spiro atoms. The number of aliphatic hydroxyl groups is 1. The minimum atomic E-state index is -4.55. The van der Waals surface area contributed by atoms with Gasteiger partial charge in [0.15, 0.2) is 0 Å². The van der Waals surface area contributed by atoms with Crippen LogP contribution in [0.3, 0.4) is 0 Å². The number of fused-ring (bicyclic) bond motifs is 1. The summed E-state index contributed by atoms with van der Waals surface area (Å²) in [5, 5.41) is 12.0. The van der Waals surface area contributed by atoms with E-state index >= 15 is 0 Å². The number of aromatic nitrogens is 1. The zero-order valence-corrected chi connectivity index (χ0v) is 22.5. The van der Waals surface area contributed by atoms with Crippen LogP contribution < -0.4 is 0 Å². The van der Waals surface area contributed by atoms with Gasteiger partial charge in [0.05, 0.1) is 23.1 Å². The molecule has 0 aliphatic carbocycles. The molecule has 41 heavy (non-hydrogen) atoms. The molecule has 10 heteroatoms. The Bertz CT molecular complexity index is 1800. The fourth-order valence-corrected chi connectivity index (χ4v) is 5.73. The molecule has 1 N–H and O–H groups in total. The predicted molar refractivity (Wildman–Crippen MR) is 147 cm³/mol. The summed E-state index contributed by atoms with van der Waals surface area (Å²) >= 11 is 0. The molecule has 5 aromatic rings. The van der Waals surface area contributed by atoms with Crippen LogP contribution in [-0.4, -0.2) is 30.8 Å². The lowest BCUT2D eigenvalue weighted by molar-refractivity contribution is -0.137. The van der Waals surface area contributed by atoms with Crippen LogP contribution in [0.2, 0.25) is 0 Å². The topological polar surface area (TPSA) is 68.5 Å². The third-order valence-corrected chi connectivity index (χ3v) is 8.10. The Kier molecular flexibility index (Phi) is 7.74. The third kappa shape index (κ3) is 6.04. The standard InChI is InChI=1S/C31H25F4NO4S/c1-20-12-14-25(15-13-20)41(38,39)40-19-29(37)30(22-7-5-9-24(32)17-22)36-18-27(26-10-2-3-11-28(26)36)21-6-4-8-23(16-21)31(33,34)35/h2-18,29-30,37H,19H2,1H3. The largest absolute Gasteiger partial charge is 0.416 e. The quantitative estimate of drug-likeness (QED) is 0.156. The van der Waals surface area contributed by atoms with Crippen molar-refractivity contribution in [2.75, 3.05) is 6.61 Å². The van der Waals surface area contributed by atoms with Gasteiger partial charge in [-0.15, -0.1) is 0 Å². The highest BCUT2D eigenvalue weighted by atomic mass is 32.2. The maximum absolute atomic E-state index is 14.4. The number of nitrogens with zero attached hydrogens (tertiary/aromatic N) is 1. The summed E-state index contributed by atoms with van der Waals surface area (Å²) < 4.78 is 87.3. The number of alkyl halides is 3. The van der Waals surface area contributed by atoms with Crippen molar-refractivity contribution >= 4 is 21.0 Å². The Labute approximate surface area is 234 Å². The molecule has 0 saturated heterocycles. The first-order chi connectivity index (χ1) is 19.4. The van der Waals surface area contributed by atoms with Gasteiger partial charge < -0.3 is 9.67 Å². The van der Waals surface area contributed by atoms with Gasteiger partial charge >= 0.3 is 6.18 Å². The molecule has 4 aromatic carbocycles. The second-order valence-corrected chi connectivity index (χ2v) is 11.3. The van der Waals surface area contributed by atoms with E-state index < -0.39 is 46.4 Å². The first kappa shape index (κ1) is 28.5. The molecular formula is C31H25F4NO4S. The highest BCUT2D eigenvalue weighted by molar-refractivity contribution is 7.86. The van der Waals surface area contributed by atoms with Crippen molar-refractivity contribution in [1.29, 1.82) is 0 Å². The van der Waals surface area contributed by atoms with Gasteiger partial charge in [-0.1, -0.05) is 60.2 Å². The van der Waals surface area contributed by atoms with E-state index in [2.05, 4.69) is 0 Å². The molecule has 0 radical (unpaired) electrons. The smallest absolute Gasteiger partial charge is 0.388 e. The number of halogens is 4. The second-order valence-electron chi connectivity index (χ2n) is 9.66. The predicted octanol–water partition coefficient (Wildman–Crippen LogP) is 7.13. The highest BCUT2D eigenvalue weighted by Crippen LogP contribution is 2.38. The molecule has 1 heterocycles. The van der Waals surface area contributed by atoms with Gasteiger partial charge in [-0.25, -0.2) is 4.39 Å². The molecule has 0 bridgehead atoms. The second kappa shape index (κ2) is 11.1. The van der Waals surface area contributed by atoms with Crippen LogP contribution in [0.25, 0.3) is 22.0 Å². The molecule has 2 atom stereocenters. The Morgan fingerprint density at radius 2 is 1.61 bits per heavy atom. The molecule has 212 valence electrons. The maximum atomic E-state index is 14.4. The van der Waals surface area contributed by atoms with Crippen LogP contribution in [0, 0.1) is 12.7 Å². The molecule has 2 unspecified atom stereocenters. The summed E-state index contributed by atoms with van der Waals surface area (Å²) in [4.78, 5) is -0.0872. The van der Waals surface area contributed by atoms with Gasteiger partial charge in [-0.3, -0.25) is 4.18 Å². The number of aryl methyl sites for hydroxylation is 1. The van der Waals surface area contributed by atoms with Gasteiger partial charge in [0.2, 0.25) is 0 Å². The molecule has 0 fully saturated rings. The summed E-state index contributed by atoms with van der Waals surface area (Å²) in [6, 6.07) is 22.2. The van der Waals surface area contributed by atoms with E-state index in [0.29, 0.717) is 27.6 Å². The van der Waals surface area contributed by atoms with Gasteiger partial charge in [-0.05, 0) is 60.5 Å². The van der Waals surface area contributed by atoms with Gasteiger partial charge in [-0.2, -0.15) is 21.6 Å². The SMILES string of the molecule is Cc1ccc(S(=O)(=O)OCC(O)C(c2cccc(F)c2)n2cc(-c3cccc(C(F)(F)F)c3)c3ccccc32)cc1. The fraction of sp³-hybridized carbons (Fsp3) is 0.161. The van der Waals surface area contributed by atoms with E-state index in [9.17, 15) is 31.1 Å². The normalized spacial score (nSPS) is 13.8. The van der Waals surface area contributed by atoms with Crippen LogP contribution in [0.15, 0.2) is 108 Å². The van der Waals surface area contributed by atoms with Crippen LogP contribution in [0.1, 0.15) is 22.7 Å². The molecule has 5 rings (SSSR count). The minimum Gasteiger partial charge on any atom is -0.388 e. The fourth-order valence-electron chi connectivity index (χ4n) is 4.81. The molecule has 5 nitrogen and oxygen atoms in total. The van der Waals surface area contributed by atoms with Crippen molar-refractivity contribution in [3.63, 3.8) is 0 Å². The monoisotopic (exact) mass is 583 g/mol. The molecule has 0 saturated carbocycles. The first-order valence-electron chi connectivity index (χ1n) is 12.6. The van der Waals surface area contributed by atoms with E-state index in [4.69, 9.17) is 4.18 Å². The summed E-state index contributed by atoms with van der Waals surface area (Å²) in [5.74, 6) is -0.581. The van der Waals surface area contributed by atoms with Crippen LogP contribution in [0.5, 0.6) is 0 Å². The van der Waals surface area contributed by atoms with E-state index in [1.54, 1.807) is 66.2 Å². The van der Waals surface area contributed by atoms with Gasteiger partial charge in [0, 0.05) is 22.7 Å². The van der Waals surface area contributed by atoms with E-state index in [1.165, 1.54) is 36.4 Å². The number of aliphatic hydroxyl groups excluding tert-OH is 1. The summed E-state index contributed by atoms with van der Waals surface area (Å²) in [6.45, 7) is 1.14. The summed E-state index contributed by atoms with van der Waals surface area (Å²) in [5.41, 5.74) is 1.63. The third-order valence-electron chi connectivity index (χ3n) is 6.80. The summed E-state index contributed by atoms with van der Waals surface area (Å²) in [7, 11) is -4.23. The molecular weight excluding hydrogens is 558 g/mol. The van der Waals surface area contributed by atoms with Crippen LogP contribution in [-0.2, 0) is 20.5 Å². The van der Waals surface area contributed by atoms with Crippen molar-refractivity contribution in [2.45, 2.75) is 30.1 Å². The zero-order chi connectivity index (χ0) is 29.4. The molecule has 0 aliphatic rings. The van der Waals surface area contributed by atoms with E-state index in [1.807, 2.05) is 0 Å². The van der Waals surface area contributed by atoms with Gasteiger partial charge in [0.1, 0.15) is 11.9 Å².